The van der Waals surface area contributed by atoms with E-state index in [1.165, 1.54) is 29.3 Å². The van der Waals surface area contributed by atoms with Gasteiger partial charge in [-0.3, -0.25) is 0 Å². The molecule has 0 fully saturated rings. The van der Waals surface area contributed by atoms with Gasteiger partial charge >= 0.3 is 0 Å². The highest BCUT2D eigenvalue weighted by atomic mass is 28.3. The van der Waals surface area contributed by atoms with Crippen LogP contribution < -0.4 is 0 Å². The summed E-state index contributed by atoms with van der Waals surface area (Å²) in [4.78, 5) is 0. The van der Waals surface area contributed by atoms with Crippen LogP contribution >= 0.6 is 0 Å². The molecule has 0 amide bonds. The molecule has 0 aromatic carbocycles. The Morgan fingerprint density at radius 1 is 1.09 bits per heavy atom. The van der Waals surface area contributed by atoms with Crippen molar-refractivity contribution < 1.29 is 0 Å². The van der Waals surface area contributed by atoms with Crippen LogP contribution in [0, 0.1) is 0 Å². The molecular weight excluding hydrogens is 148 g/mol. The van der Waals surface area contributed by atoms with E-state index in [9.17, 15) is 0 Å². The Morgan fingerprint density at radius 3 is 1.64 bits per heavy atom. The maximum Gasteiger partial charge on any atom is 0.0446 e. The van der Waals surface area contributed by atoms with E-state index in [1.807, 2.05) is 0 Å². The summed E-state index contributed by atoms with van der Waals surface area (Å²) in [6.45, 7) is 14.5. The van der Waals surface area contributed by atoms with Gasteiger partial charge in [0.2, 0.25) is 0 Å². The summed E-state index contributed by atoms with van der Waals surface area (Å²) >= 11 is 0. The molecule has 0 aromatic heterocycles. The lowest BCUT2D eigenvalue weighted by Gasteiger charge is -2.12. The molecule has 0 aromatic rings. The van der Waals surface area contributed by atoms with Crippen molar-refractivity contribution in [1.82, 2.24) is 0 Å². The highest BCUT2D eigenvalue weighted by molar-refractivity contribution is 6.60. The van der Waals surface area contributed by atoms with Gasteiger partial charge in [0.15, 0.2) is 0 Å². The molecule has 11 heavy (non-hydrogen) atoms. The average molecular weight is 168 g/mol. The van der Waals surface area contributed by atoms with Crippen molar-refractivity contribution in [2.75, 3.05) is 0 Å². The fourth-order valence-corrected chi connectivity index (χ4v) is 4.04. The molecule has 0 aliphatic rings. The molecule has 0 heterocycles. The molecule has 0 unspecified atom stereocenters. The SMILES string of the molecule is C=C(C)C[SiH](CC)CC(=C)C. The molecule has 0 saturated carbocycles. The molecule has 0 N–H and O–H groups in total. The predicted octanol–water partition coefficient (Wildman–Crippen LogP) is 3.39. The van der Waals surface area contributed by atoms with Gasteiger partial charge in [0.1, 0.15) is 0 Å². The van der Waals surface area contributed by atoms with Crippen molar-refractivity contribution in [3.63, 3.8) is 0 Å². The van der Waals surface area contributed by atoms with Crippen LogP contribution in [0.15, 0.2) is 24.3 Å². The minimum absolute atomic E-state index is 0.528. The summed E-state index contributed by atoms with van der Waals surface area (Å²) in [5.74, 6) is 0. The van der Waals surface area contributed by atoms with Crippen molar-refractivity contribution in [1.29, 1.82) is 0 Å². The van der Waals surface area contributed by atoms with E-state index in [0.717, 1.165) is 0 Å². The Kier molecular flexibility index (Phi) is 5.21. The van der Waals surface area contributed by atoms with E-state index < -0.39 is 8.80 Å². The maximum absolute atomic E-state index is 3.96. The first-order valence-electron chi connectivity index (χ1n) is 4.35. The topological polar surface area (TPSA) is 0 Å². The molecule has 0 bridgehead atoms. The van der Waals surface area contributed by atoms with E-state index in [0.29, 0.717) is 0 Å². The Hall–Kier alpha value is -0.303. The van der Waals surface area contributed by atoms with Crippen LogP contribution in [0.3, 0.4) is 0 Å². The second kappa shape index (κ2) is 5.36. The minimum Gasteiger partial charge on any atom is -0.100 e. The first-order chi connectivity index (χ1) is 5.06. The highest BCUT2D eigenvalue weighted by Gasteiger charge is 2.07. The molecule has 1 heteroatoms. The van der Waals surface area contributed by atoms with Gasteiger partial charge < -0.3 is 0 Å². The molecule has 64 valence electrons. The van der Waals surface area contributed by atoms with Gasteiger partial charge in [-0.25, -0.2) is 0 Å². The lowest BCUT2D eigenvalue weighted by molar-refractivity contribution is 1.24. The molecule has 0 aliphatic heterocycles. The third kappa shape index (κ3) is 6.11. The number of hydrogen-bond donors (Lipinski definition) is 0. The van der Waals surface area contributed by atoms with Crippen LogP contribution in [-0.2, 0) is 0 Å². The van der Waals surface area contributed by atoms with Crippen molar-refractivity contribution in [2.24, 2.45) is 0 Å². The molecular formula is C10H20Si. The van der Waals surface area contributed by atoms with Crippen molar-refractivity contribution in [3.8, 4) is 0 Å². The summed E-state index contributed by atoms with van der Waals surface area (Å²) in [6, 6.07) is 3.96. The van der Waals surface area contributed by atoms with Crippen LogP contribution in [0.1, 0.15) is 20.8 Å². The lowest BCUT2D eigenvalue weighted by atomic mass is 10.4. The fraction of sp³-hybridized carbons (Fsp3) is 0.600. The second-order valence-electron chi connectivity index (χ2n) is 3.60. The van der Waals surface area contributed by atoms with Gasteiger partial charge in [-0.1, -0.05) is 24.1 Å². The van der Waals surface area contributed by atoms with Gasteiger partial charge in [0.05, 0.1) is 0 Å². The Labute approximate surface area is 72.6 Å². The summed E-state index contributed by atoms with van der Waals surface area (Å²) in [5.41, 5.74) is 2.70. The van der Waals surface area contributed by atoms with Gasteiger partial charge in [0, 0.05) is 8.80 Å². The van der Waals surface area contributed by atoms with E-state index >= 15 is 0 Å². The summed E-state index contributed by atoms with van der Waals surface area (Å²) < 4.78 is 0. The monoisotopic (exact) mass is 168 g/mol. The first kappa shape index (κ1) is 10.7. The largest absolute Gasteiger partial charge is 0.100 e. The zero-order valence-electron chi connectivity index (χ0n) is 8.11. The van der Waals surface area contributed by atoms with Crippen LogP contribution in [0.5, 0.6) is 0 Å². The van der Waals surface area contributed by atoms with Gasteiger partial charge in [-0.15, -0.1) is 13.2 Å². The average Bonchev–Trinajstić information content (AvgIpc) is 1.84. The van der Waals surface area contributed by atoms with Crippen LogP contribution in [0.2, 0.25) is 18.1 Å². The number of hydrogen-bond acceptors (Lipinski definition) is 0. The molecule has 0 atom stereocenters. The fourth-order valence-electron chi connectivity index (χ4n) is 1.35. The zero-order chi connectivity index (χ0) is 8.85. The minimum atomic E-state index is -0.528. The normalized spacial score (nSPS) is 10.2. The summed E-state index contributed by atoms with van der Waals surface area (Å²) in [7, 11) is -0.528. The number of allylic oxidation sites excluding steroid dienone is 2. The second-order valence-corrected chi connectivity index (χ2v) is 6.96. The van der Waals surface area contributed by atoms with Crippen molar-refractivity contribution >= 4 is 8.80 Å². The smallest absolute Gasteiger partial charge is 0.0446 e. The van der Waals surface area contributed by atoms with Crippen molar-refractivity contribution in [3.05, 3.63) is 24.3 Å². The van der Waals surface area contributed by atoms with Crippen LogP contribution in [-0.4, -0.2) is 8.80 Å². The highest BCUT2D eigenvalue weighted by Crippen LogP contribution is 2.14. The van der Waals surface area contributed by atoms with Gasteiger partial charge in [-0.2, -0.15) is 0 Å². The van der Waals surface area contributed by atoms with Gasteiger partial charge in [-0.05, 0) is 25.9 Å². The molecule has 0 saturated heterocycles. The first-order valence-corrected chi connectivity index (χ1v) is 6.80. The Morgan fingerprint density at radius 2 is 1.45 bits per heavy atom. The van der Waals surface area contributed by atoms with Crippen molar-refractivity contribution in [2.45, 2.75) is 38.9 Å². The Bertz CT molecular complexity index is 131. The maximum atomic E-state index is 3.96. The predicted molar refractivity (Wildman–Crippen MR) is 56.9 cm³/mol. The molecule has 0 radical (unpaired) electrons. The third-order valence-electron chi connectivity index (χ3n) is 1.85. The molecule has 0 nitrogen and oxygen atoms in total. The molecule has 0 aliphatic carbocycles. The van der Waals surface area contributed by atoms with E-state index in [2.05, 4.69) is 33.9 Å². The lowest BCUT2D eigenvalue weighted by Crippen LogP contribution is -2.10. The molecule has 0 rings (SSSR count). The van der Waals surface area contributed by atoms with E-state index in [1.54, 1.807) is 0 Å². The van der Waals surface area contributed by atoms with E-state index in [-0.39, 0.29) is 0 Å². The third-order valence-corrected chi connectivity index (χ3v) is 5.55. The summed E-state index contributed by atoms with van der Waals surface area (Å²) in [5, 5.41) is 0. The van der Waals surface area contributed by atoms with E-state index in [4.69, 9.17) is 0 Å². The van der Waals surface area contributed by atoms with Crippen LogP contribution in [0.25, 0.3) is 0 Å². The standard InChI is InChI=1S/C10H20Si/c1-6-11(7-9(2)3)8-10(4)5/h11H,2,4,6-8H2,1,3,5H3. The quantitative estimate of drug-likeness (QED) is 0.436. The van der Waals surface area contributed by atoms with Crippen LogP contribution in [0.4, 0.5) is 0 Å². The zero-order valence-corrected chi connectivity index (χ0v) is 9.27. The molecule has 0 spiro atoms. The van der Waals surface area contributed by atoms with Gasteiger partial charge in [0.25, 0.3) is 0 Å². The Balaban J connectivity index is 3.76. The summed E-state index contributed by atoms with van der Waals surface area (Å²) in [6.07, 6.45) is 0. The number of rotatable bonds is 5.